The van der Waals surface area contributed by atoms with Gasteiger partial charge in [-0.3, -0.25) is 9.59 Å². The lowest BCUT2D eigenvalue weighted by molar-refractivity contribution is -0.128. The largest absolute Gasteiger partial charge is 0.477 e. The maximum absolute atomic E-state index is 13.5. The molecule has 1 fully saturated rings. The molecule has 0 saturated heterocycles. The maximum Gasteiger partial charge on any atom is 0.262 e. The third kappa shape index (κ3) is 6.41. The molecule has 0 bridgehead atoms. The first kappa shape index (κ1) is 25.2. The van der Waals surface area contributed by atoms with Crippen molar-refractivity contribution in [1.82, 2.24) is 9.62 Å². The number of hydrogen-bond acceptors (Lipinski definition) is 5. The Hall–Kier alpha value is -2.91. The molecule has 1 aliphatic heterocycles. The number of nitrogens with one attached hydrogen (secondary N) is 1. The fourth-order valence-corrected chi connectivity index (χ4v) is 5.90. The van der Waals surface area contributed by atoms with E-state index < -0.39 is 16.1 Å². The Kier molecular flexibility index (Phi) is 8.07. The number of hydrogen-bond donors (Lipinski definition) is 1. The number of nitrogens with zero attached hydrogens (tertiary/aromatic N) is 2. The molecule has 0 aromatic heterocycles. The van der Waals surface area contributed by atoms with Crippen molar-refractivity contribution in [2.45, 2.75) is 50.7 Å². The van der Waals surface area contributed by atoms with Gasteiger partial charge in [0, 0.05) is 12.6 Å². The van der Waals surface area contributed by atoms with Gasteiger partial charge in [-0.1, -0.05) is 61.7 Å². The zero-order valence-electron chi connectivity index (χ0n) is 20.1. The first-order valence-corrected chi connectivity index (χ1v) is 14.0. The summed E-state index contributed by atoms with van der Waals surface area (Å²) in [5.74, 6) is -0.238. The SMILES string of the molecule is CS(=O)(=O)N(CC(=O)N1C[C@@H](C(=O)NCCc2ccccc2)Oc2ccccc21)C1CCCCC1. The smallest absolute Gasteiger partial charge is 0.262 e. The zero-order valence-corrected chi connectivity index (χ0v) is 20.9. The number of carbonyl (C=O) groups excluding carboxylic acids is 2. The van der Waals surface area contributed by atoms with E-state index in [2.05, 4.69) is 5.32 Å². The third-order valence-corrected chi connectivity index (χ3v) is 7.90. The fourth-order valence-electron chi connectivity index (χ4n) is 4.80. The van der Waals surface area contributed by atoms with Crippen LogP contribution in [-0.2, 0) is 26.0 Å². The van der Waals surface area contributed by atoms with E-state index in [1.807, 2.05) is 30.3 Å². The molecule has 0 spiro atoms. The molecule has 2 amide bonds. The van der Waals surface area contributed by atoms with Gasteiger partial charge in [0.05, 0.1) is 25.0 Å². The Morgan fingerprint density at radius 1 is 1.03 bits per heavy atom. The van der Waals surface area contributed by atoms with Gasteiger partial charge < -0.3 is 15.0 Å². The van der Waals surface area contributed by atoms with Crippen LogP contribution in [0.3, 0.4) is 0 Å². The molecule has 2 aromatic carbocycles. The Labute approximate surface area is 207 Å². The number of ether oxygens (including phenoxy) is 1. The van der Waals surface area contributed by atoms with Crippen molar-refractivity contribution in [2.75, 3.05) is 30.8 Å². The van der Waals surface area contributed by atoms with E-state index in [4.69, 9.17) is 4.74 Å². The molecule has 1 saturated carbocycles. The summed E-state index contributed by atoms with van der Waals surface area (Å²) in [4.78, 5) is 27.9. The number of anilines is 1. The lowest BCUT2D eigenvalue weighted by Gasteiger charge is -2.37. The quantitative estimate of drug-likeness (QED) is 0.603. The Morgan fingerprint density at radius 3 is 2.43 bits per heavy atom. The minimum absolute atomic E-state index is 0.0231. The molecular weight excluding hydrogens is 466 g/mol. The highest BCUT2D eigenvalue weighted by molar-refractivity contribution is 7.88. The van der Waals surface area contributed by atoms with Gasteiger partial charge in [0.2, 0.25) is 15.9 Å². The molecule has 0 unspecified atom stereocenters. The highest BCUT2D eigenvalue weighted by Crippen LogP contribution is 2.34. The predicted octanol–water partition coefficient (Wildman–Crippen LogP) is 2.73. The summed E-state index contributed by atoms with van der Waals surface area (Å²) < 4.78 is 32.4. The summed E-state index contributed by atoms with van der Waals surface area (Å²) in [7, 11) is -3.57. The van der Waals surface area contributed by atoms with Crippen molar-refractivity contribution in [2.24, 2.45) is 0 Å². The summed E-state index contributed by atoms with van der Waals surface area (Å²) in [6.07, 6.45) is 5.46. The average molecular weight is 500 g/mol. The molecule has 1 N–H and O–H groups in total. The number of sulfonamides is 1. The van der Waals surface area contributed by atoms with Gasteiger partial charge in [-0.05, 0) is 37.0 Å². The summed E-state index contributed by atoms with van der Waals surface area (Å²) >= 11 is 0. The van der Waals surface area contributed by atoms with Crippen molar-refractivity contribution in [3.63, 3.8) is 0 Å². The topological polar surface area (TPSA) is 96.0 Å². The summed E-state index contributed by atoms with van der Waals surface area (Å²) in [6.45, 7) is 0.220. The predicted molar refractivity (Wildman–Crippen MR) is 135 cm³/mol. The molecule has 4 rings (SSSR count). The van der Waals surface area contributed by atoms with Crippen LogP contribution in [0, 0.1) is 0 Å². The fraction of sp³-hybridized carbons (Fsp3) is 0.462. The van der Waals surface area contributed by atoms with Crippen LogP contribution in [0.4, 0.5) is 5.69 Å². The van der Waals surface area contributed by atoms with E-state index in [0.29, 0.717) is 24.4 Å². The van der Waals surface area contributed by atoms with Crippen LogP contribution < -0.4 is 15.0 Å². The van der Waals surface area contributed by atoms with Crippen molar-refractivity contribution in [1.29, 1.82) is 0 Å². The van der Waals surface area contributed by atoms with Crippen molar-refractivity contribution < 1.29 is 22.7 Å². The first-order valence-electron chi connectivity index (χ1n) is 12.2. The van der Waals surface area contributed by atoms with Crippen LogP contribution in [0.2, 0.25) is 0 Å². The molecule has 8 nitrogen and oxygen atoms in total. The van der Waals surface area contributed by atoms with Gasteiger partial charge in [0.1, 0.15) is 5.75 Å². The molecule has 2 aliphatic rings. The highest BCUT2D eigenvalue weighted by atomic mass is 32.2. The van der Waals surface area contributed by atoms with Crippen molar-refractivity contribution in [3.05, 3.63) is 60.2 Å². The van der Waals surface area contributed by atoms with E-state index in [1.165, 1.54) is 9.21 Å². The summed E-state index contributed by atoms with van der Waals surface area (Å²) in [5.41, 5.74) is 1.66. The zero-order chi connectivity index (χ0) is 24.8. The molecule has 1 atom stereocenters. The van der Waals surface area contributed by atoms with Crippen LogP contribution in [0.1, 0.15) is 37.7 Å². The maximum atomic E-state index is 13.5. The molecule has 1 heterocycles. The van der Waals surface area contributed by atoms with Gasteiger partial charge in [-0.25, -0.2) is 8.42 Å². The number of carbonyl (C=O) groups is 2. The molecule has 35 heavy (non-hydrogen) atoms. The van der Waals surface area contributed by atoms with E-state index in [9.17, 15) is 18.0 Å². The van der Waals surface area contributed by atoms with Crippen LogP contribution in [-0.4, -0.2) is 62.6 Å². The van der Waals surface area contributed by atoms with Gasteiger partial charge in [0.25, 0.3) is 5.91 Å². The van der Waals surface area contributed by atoms with Gasteiger partial charge in [-0.15, -0.1) is 0 Å². The molecule has 188 valence electrons. The molecule has 1 aliphatic carbocycles. The van der Waals surface area contributed by atoms with Crippen LogP contribution in [0.15, 0.2) is 54.6 Å². The second-order valence-corrected chi connectivity index (χ2v) is 11.1. The number of fused-ring (bicyclic) bond motifs is 1. The Morgan fingerprint density at radius 2 is 1.71 bits per heavy atom. The molecule has 2 aromatic rings. The van der Waals surface area contributed by atoms with Crippen LogP contribution in [0.25, 0.3) is 0 Å². The average Bonchev–Trinajstić information content (AvgIpc) is 2.87. The van der Waals surface area contributed by atoms with E-state index in [1.54, 1.807) is 24.3 Å². The summed E-state index contributed by atoms with van der Waals surface area (Å²) in [5, 5.41) is 2.90. The Bertz CT molecular complexity index is 1130. The molecule has 0 radical (unpaired) electrons. The number of rotatable bonds is 8. The lowest BCUT2D eigenvalue weighted by Crippen LogP contribution is -2.54. The van der Waals surface area contributed by atoms with E-state index in [-0.39, 0.29) is 30.9 Å². The van der Waals surface area contributed by atoms with Crippen LogP contribution in [0.5, 0.6) is 5.75 Å². The second-order valence-electron chi connectivity index (χ2n) is 9.21. The van der Waals surface area contributed by atoms with E-state index in [0.717, 1.165) is 43.9 Å². The highest BCUT2D eigenvalue weighted by Gasteiger charge is 2.37. The van der Waals surface area contributed by atoms with Crippen LogP contribution >= 0.6 is 0 Å². The minimum atomic E-state index is -3.57. The lowest BCUT2D eigenvalue weighted by atomic mass is 9.95. The molecule has 9 heteroatoms. The monoisotopic (exact) mass is 499 g/mol. The Balaban J connectivity index is 1.46. The minimum Gasteiger partial charge on any atom is -0.477 e. The van der Waals surface area contributed by atoms with Crippen molar-refractivity contribution >= 4 is 27.5 Å². The summed E-state index contributed by atoms with van der Waals surface area (Å²) in [6, 6.07) is 16.7. The second kappa shape index (κ2) is 11.2. The van der Waals surface area contributed by atoms with Gasteiger partial charge >= 0.3 is 0 Å². The third-order valence-electron chi connectivity index (χ3n) is 6.62. The van der Waals surface area contributed by atoms with Gasteiger partial charge in [0.15, 0.2) is 6.10 Å². The van der Waals surface area contributed by atoms with E-state index >= 15 is 0 Å². The normalized spacial score (nSPS) is 18.6. The van der Waals surface area contributed by atoms with Crippen molar-refractivity contribution in [3.8, 4) is 5.75 Å². The number of amides is 2. The number of para-hydroxylation sites is 2. The molecular formula is C26H33N3O5S. The standard InChI is InChI=1S/C26H33N3O5S/c1-35(32,33)29(21-12-6-3-7-13-21)19-25(30)28-18-24(34-23-15-9-8-14-22(23)28)26(31)27-17-16-20-10-4-2-5-11-20/h2,4-5,8-11,14-15,21,24H,3,6-7,12-13,16-19H2,1H3,(H,27,31)/t24-/m0/s1. The number of benzene rings is 2. The first-order chi connectivity index (χ1) is 16.8. The van der Waals surface area contributed by atoms with Gasteiger partial charge in [-0.2, -0.15) is 4.31 Å².